The average molecular weight is 358 g/mol. The monoisotopic (exact) mass is 358 g/mol. The molecule has 1 aliphatic heterocycles. The molecule has 0 saturated carbocycles. The normalized spacial score (nSPS) is 19.9. The lowest BCUT2D eigenvalue weighted by Gasteiger charge is -2.20. The van der Waals surface area contributed by atoms with Crippen LogP contribution in [0.4, 0.5) is 4.79 Å². The van der Waals surface area contributed by atoms with E-state index in [2.05, 4.69) is 5.32 Å². The molecule has 130 valence electrons. The first-order valence-corrected chi connectivity index (χ1v) is 8.60. The number of ether oxygens (including phenoxy) is 1. The molecule has 0 radical (unpaired) electrons. The SMILES string of the molecule is COc1ccc(C(C)=O)cc1CN1C(=O)NC(C)(c2cccs2)C1=O. The number of rotatable bonds is 5. The van der Waals surface area contributed by atoms with E-state index in [0.717, 1.165) is 9.78 Å². The molecule has 1 aromatic carbocycles. The van der Waals surface area contributed by atoms with Gasteiger partial charge in [0, 0.05) is 16.0 Å². The minimum atomic E-state index is -1.07. The summed E-state index contributed by atoms with van der Waals surface area (Å²) < 4.78 is 5.31. The maximum Gasteiger partial charge on any atom is 0.325 e. The summed E-state index contributed by atoms with van der Waals surface area (Å²) in [6.45, 7) is 3.20. The molecule has 3 amide bonds. The number of nitrogens with zero attached hydrogens (tertiary/aromatic N) is 1. The number of amides is 3. The number of carbonyl (C=O) groups is 3. The zero-order valence-electron chi connectivity index (χ0n) is 14.2. The molecule has 0 spiro atoms. The molecule has 1 aromatic heterocycles. The second kappa shape index (κ2) is 6.33. The fourth-order valence-electron chi connectivity index (χ4n) is 2.86. The third-order valence-corrected chi connectivity index (χ3v) is 5.40. The van der Waals surface area contributed by atoms with Crippen LogP contribution < -0.4 is 10.1 Å². The van der Waals surface area contributed by atoms with E-state index >= 15 is 0 Å². The Bertz CT molecular complexity index is 847. The number of imide groups is 1. The van der Waals surface area contributed by atoms with Crippen molar-refractivity contribution in [2.75, 3.05) is 7.11 Å². The number of carbonyl (C=O) groups excluding carboxylic acids is 3. The first kappa shape index (κ1) is 17.2. The molecular formula is C18H18N2O4S. The Kier molecular flexibility index (Phi) is 4.34. The van der Waals surface area contributed by atoms with Crippen molar-refractivity contribution >= 4 is 29.1 Å². The van der Waals surface area contributed by atoms with Crippen LogP contribution in [0.3, 0.4) is 0 Å². The van der Waals surface area contributed by atoms with Crippen LogP contribution in [-0.2, 0) is 16.9 Å². The van der Waals surface area contributed by atoms with Crippen molar-refractivity contribution in [3.8, 4) is 5.75 Å². The highest BCUT2D eigenvalue weighted by atomic mass is 32.1. The molecule has 7 heteroatoms. The molecule has 2 aromatic rings. The van der Waals surface area contributed by atoms with Gasteiger partial charge in [-0.2, -0.15) is 0 Å². The molecule has 6 nitrogen and oxygen atoms in total. The smallest absolute Gasteiger partial charge is 0.325 e. The van der Waals surface area contributed by atoms with Crippen molar-refractivity contribution in [2.45, 2.75) is 25.9 Å². The third-order valence-electron chi connectivity index (χ3n) is 4.30. The predicted octanol–water partition coefficient (Wildman–Crippen LogP) is 2.93. The zero-order valence-corrected chi connectivity index (χ0v) is 15.0. The van der Waals surface area contributed by atoms with Crippen LogP contribution in [0.2, 0.25) is 0 Å². The van der Waals surface area contributed by atoms with E-state index in [4.69, 9.17) is 4.74 Å². The number of urea groups is 1. The van der Waals surface area contributed by atoms with E-state index < -0.39 is 11.6 Å². The van der Waals surface area contributed by atoms with Gasteiger partial charge in [-0.3, -0.25) is 14.5 Å². The van der Waals surface area contributed by atoms with Gasteiger partial charge in [0.25, 0.3) is 5.91 Å². The lowest BCUT2D eigenvalue weighted by Crippen LogP contribution is -2.40. The van der Waals surface area contributed by atoms with Gasteiger partial charge in [-0.05, 0) is 43.5 Å². The van der Waals surface area contributed by atoms with Crippen LogP contribution >= 0.6 is 11.3 Å². The van der Waals surface area contributed by atoms with E-state index in [1.807, 2.05) is 17.5 Å². The van der Waals surface area contributed by atoms with Gasteiger partial charge in [0.2, 0.25) is 0 Å². The summed E-state index contributed by atoms with van der Waals surface area (Å²) in [7, 11) is 1.51. The van der Waals surface area contributed by atoms with Gasteiger partial charge in [0.05, 0.1) is 13.7 Å². The van der Waals surface area contributed by atoms with Crippen LogP contribution in [0.15, 0.2) is 35.7 Å². The summed E-state index contributed by atoms with van der Waals surface area (Å²) in [5.74, 6) is 0.107. The van der Waals surface area contributed by atoms with Crippen LogP contribution in [0, 0.1) is 0 Å². The Hall–Kier alpha value is -2.67. The highest BCUT2D eigenvalue weighted by molar-refractivity contribution is 7.10. The molecular weight excluding hydrogens is 340 g/mol. The fourth-order valence-corrected chi connectivity index (χ4v) is 3.70. The average Bonchev–Trinajstić information content (AvgIpc) is 3.19. The largest absolute Gasteiger partial charge is 0.496 e. The van der Waals surface area contributed by atoms with Crippen molar-refractivity contribution in [2.24, 2.45) is 0 Å². The van der Waals surface area contributed by atoms with Crippen molar-refractivity contribution in [3.63, 3.8) is 0 Å². The molecule has 1 atom stereocenters. The highest BCUT2D eigenvalue weighted by Gasteiger charge is 2.49. The second-order valence-electron chi connectivity index (χ2n) is 6.01. The number of hydrogen-bond acceptors (Lipinski definition) is 5. The molecule has 3 rings (SSSR count). The quantitative estimate of drug-likeness (QED) is 0.659. The standard InChI is InChI=1S/C18H18N2O4S/c1-11(21)12-6-7-14(24-3)13(9-12)10-20-16(22)18(2,19-17(20)23)15-5-4-8-25-15/h4-9H,10H2,1-3H3,(H,19,23). The summed E-state index contributed by atoms with van der Waals surface area (Å²) in [6, 6.07) is 8.18. The molecule has 25 heavy (non-hydrogen) atoms. The van der Waals surface area contributed by atoms with E-state index in [0.29, 0.717) is 16.9 Å². The van der Waals surface area contributed by atoms with E-state index in [1.165, 1.54) is 25.4 Å². The molecule has 0 aliphatic carbocycles. The molecule has 1 N–H and O–H groups in total. The molecule has 2 heterocycles. The Morgan fingerprint density at radius 1 is 1.32 bits per heavy atom. The Morgan fingerprint density at radius 2 is 2.08 bits per heavy atom. The van der Waals surface area contributed by atoms with Gasteiger partial charge in [-0.25, -0.2) is 4.79 Å². The number of Topliss-reactive ketones (excluding diaryl/α,β-unsaturated/α-hetero) is 1. The van der Waals surface area contributed by atoms with Crippen molar-refractivity contribution in [3.05, 3.63) is 51.7 Å². The number of thiophene rings is 1. The fraction of sp³-hybridized carbons (Fsp3) is 0.278. The number of nitrogens with one attached hydrogen (secondary N) is 1. The summed E-state index contributed by atoms with van der Waals surface area (Å²) in [5, 5.41) is 4.63. The Morgan fingerprint density at radius 3 is 2.68 bits per heavy atom. The third kappa shape index (κ3) is 2.91. The van der Waals surface area contributed by atoms with E-state index in [-0.39, 0.29) is 18.2 Å². The number of benzene rings is 1. The lowest BCUT2D eigenvalue weighted by molar-refractivity contribution is -0.131. The number of methoxy groups -OCH3 is 1. The predicted molar refractivity (Wildman–Crippen MR) is 93.8 cm³/mol. The van der Waals surface area contributed by atoms with Gasteiger partial charge in [0.1, 0.15) is 5.75 Å². The first-order valence-electron chi connectivity index (χ1n) is 7.72. The van der Waals surface area contributed by atoms with Crippen LogP contribution in [0.1, 0.15) is 34.6 Å². The zero-order chi connectivity index (χ0) is 18.2. The van der Waals surface area contributed by atoms with Crippen LogP contribution in [-0.4, -0.2) is 29.7 Å². The van der Waals surface area contributed by atoms with Gasteiger partial charge < -0.3 is 10.1 Å². The highest BCUT2D eigenvalue weighted by Crippen LogP contribution is 2.33. The summed E-state index contributed by atoms with van der Waals surface area (Å²) in [5.41, 5.74) is 0.0365. The lowest BCUT2D eigenvalue weighted by atomic mass is 10.00. The Labute approximate surface area is 149 Å². The molecule has 1 unspecified atom stereocenters. The number of ketones is 1. The van der Waals surface area contributed by atoms with Crippen molar-refractivity contribution < 1.29 is 19.1 Å². The van der Waals surface area contributed by atoms with E-state index in [1.54, 1.807) is 25.1 Å². The molecule has 1 aliphatic rings. The van der Waals surface area contributed by atoms with Gasteiger partial charge in [-0.15, -0.1) is 11.3 Å². The maximum atomic E-state index is 12.9. The van der Waals surface area contributed by atoms with Crippen LogP contribution in [0.5, 0.6) is 5.75 Å². The van der Waals surface area contributed by atoms with Crippen molar-refractivity contribution in [1.29, 1.82) is 0 Å². The van der Waals surface area contributed by atoms with Gasteiger partial charge in [0.15, 0.2) is 11.3 Å². The van der Waals surface area contributed by atoms with Crippen LogP contribution in [0.25, 0.3) is 0 Å². The summed E-state index contributed by atoms with van der Waals surface area (Å²) in [4.78, 5) is 38.9. The Balaban J connectivity index is 1.93. The van der Waals surface area contributed by atoms with Gasteiger partial charge in [-0.1, -0.05) is 6.07 Å². The molecule has 0 bridgehead atoms. The molecule has 1 saturated heterocycles. The topological polar surface area (TPSA) is 75.7 Å². The van der Waals surface area contributed by atoms with E-state index in [9.17, 15) is 14.4 Å². The first-order chi connectivity index (χ1) is 11.9. The maximum absolute atomic E-state index is 12.9. The van der Waals surface area contributed by atoms with Gasteiger partial charge >= 0.3 is 6.03 Å². The summed E-state index contributed by atoms with van der Waals surface area (Å²) >= 11 is 1.42. The minimum absolute atomic E-state index is 0.0376. The second-order valence-corrected chi connectivity index (χ2v) is 6.95. The minimum Gasteiger partial charge on any atom is -0.496 e. The summed E-state index contributed by atoms with van der Waals surface area (Å²) in [6.07, 6.45) is 0. The molecule has 1 fully saturated rings. The number of hydrogen-bond donors (Lipinski definition) is 1. The van der Waals surface area contributed by atoms with Crippen molar-refractivity contribution in [1.82, 2.24) is 10.2 Å².